The lowest BCUT2D eigenvalue weighted by atomic mass is 10.1. The molecule has 1 unspecified atom stereocenters. The van der Waals surface area contributed by atoms with Crippen LogP contribution in [0.15, 0.2) is 0 Å². The Balaban J connectivity index is 2.12. The van der Waals surface area contributed by atoms with Gasteiger partial charge in [0.25, 0.3) is 0 Å². The number of nitrogens with one attached hydrogen (secondary N) is 1. The standard InChI is InChI=1S/C16H32N2O2/c1-5-6-12-18-13-8-10-14(18)9-7-11-17-15(19)20-16(2,3)4/h14H,5-13H2,1-4H3,(H,17,19). The largest absolute Gasteiger partial charge is 0.444 e. The molecule has 0 aromatic carbocycles. The van der Waals surface area contributed by atoms with Gasteiger partial charge in [0.2, 0.25) is 0 Å². The van der Waals surface area contributed by atoms with Gasteiger partial charge in [-0.3, -0.25) is 0 Å². The fourth-order valence-electron chi connectivity index (χ4n) is 2.72. The summed E-state index contributed by atoms with van der Waals surface area (Å²) in [5.41, 5.74) is -0.410. The van der Waals surface area contributed by atoms with Crippen LogP contribution in [-0.2, 0) is 4.74 Å². The first-order valence-electron chi connectivity index (χ1n) is 8.13. The van der Waals surface area contributed by atoms with Crippen molar-refractivity contribution in [3.63, 3.8) is 0 Å². The molecule has 118 valence electrons. The van der Waals surface area contributed by atoms with E-state index < -0.39 is 5.60 Å². The first-order valence-corrected chi connectivity index (χ1v) is 8.13. The van der Waals surface area contributed by atoms with Crippen LogP contribution < -0.4 is 5.32 Å². The van der Waals surface area contributed by atoms with E-state index >= 15 is 0 Å². The second-order valence-electron chi connectivity index (χ2n) is 6.76. The van der Waals surface area contributed by atoms with Gasteiger partial charge in [0.1, 0.15) is 5.60 Å². The monoisotopic (exact) mass is 284 g/mol. The highest BCUT2D eigenvalue weighted by atomic mass is 16.6. The fourth-order valence-corrected chi connectivity index (χ4v) is 2.72. The smallest absolute Gasteiger partial charge is 0.407 e. The molecule has 1 aliphatic rings. The van der Waals surface area contributed by atoms with E-state index in [2.05, 4.69) is 17.1 Å². The SMILES string of the molecule is CCCCN1CCCC1CCCNC(=O)OC(C)(C)C. The van der Waals surface area contributed by atoms with E-state index in [4.69, 9.17) is 4.74 Å². The number of alkyl carbamates (subject to hydrolysis) is 1. The van der Waals surface area contributed by atoms with Crippen LogP contribution in [-0.4, -0.2) is 42.3 Å². The van der Waals surface area contributed by atoms with Gasteiger partial charge in [0.15, 0.2) is 0 Å². The number of carbonyl (C=O) groups excluding carboxylic acids is 1. The zero-order valence-electron chi connectivity index (χ0n) is 13.7. The molecular formula is C16H32N2O2. The van der Waals surface area contributed by atoms with E-state index in [1.807, 2.05) is 20.8 Å². The minimum absolute atomic E-state index is 0.299. The Morgan fingerprint density at radius 3 is 2.75 bits per heavy atom. The zero-order valence-corrected chi connectivity index (χ0v) is 13.7. The summed E-state index contributed by atoms with van der Waals surface area (Å²) < 4.78 is 5.22. The third-order valence-electron chi connectivity index (χ3n) is 3.68. The van der Waals surface area contributed by atoms with Crippen LogP contribution in [0.4, 0.5) is 4.79 Å². The molecule has 0 aromatic heterocycles. The average Bonchev–Trinajstić information content (AvgIpc) is 2.77. The molecule has 0 spiro atoms. The Hall–Kier alpha value is -0.770. The number of unbranched alkanes of at least 4 members (excludes halogenated alkanes) is 1. The number of carbonyl (C=O) groups is 1. The Morgan fingerprint density at radius 1 is 1.35 bits per heavy atom. The molecule has 1 saturated heterocycles. The van der Waals surface area contributed by atoms with Crippen molar-refractivity contribution in [1.29, 1.82) is 0 Å². The average molecular weight is 284 g/mol. The lowest BCUT2D eigenvalue weighted by Gasteiger charge is -2.24. The van der Waals surface area contributed by atoms with Crippen molar-refractivity contribution in [2.24, 2.45) is 0 Å². The van der Waals surface area contributed by atoms with Gasteiger partial charge in [-0.25, -0.2) is 4.79 Å². The highest BCUT2D eigenvalue weighted by molar-refractivity contribution is 5.67. The summed E-state index contributed by atoms with van der Waals surface area (Å²) in [6.07, 6.45) is 7.12. The lowest BCUT2D eigenvalue weighted by molar-refractivity contribution is 0.0526. The van der Waals surface area contributed by atoms with Crippen molar-refractivity contribution in [3.05, 3.63) is 0 Å². The van der Waals surface area contributed by atoms with E-state index in [0.29, 0.717) is 6.54 Å². The Morgan fingerprint density at radius 2 is 2.10 bits per heavy atom. The predicted octanol–water partition coefficient (Wildman–Crippen LogP) is 3.56. The van der Waals surface area contributed by atoms with Crippen molar-refractivity contribution in [2.75, 3.05) is 19.6 Å². The molecule has 0 aromatic rings. The van der Waals surface area contributed by atoms with Crippen molar-refractivity contribution >= 4 is 6.09 Å². The van der Waals surface area contributed by atoms with Crippen molar-refractivity contribution in [2.45, 2.75) is 77.9 Å². The Bertz CT molecular complexity index is 287. The molecule has 4 nitrogen and oxygen atoms in total. The highest BCUT2D eigenvalue weighted by Gasteiger charge is 2.23. The van der Waals surface area contributed by atoms with Crippen molar-refractivity contribution in [3.8, 4) is 0 Å². The van der Waals surface area contributed by atoms with Crippen LogP contribution in [0.2, 0.25) is 0 Å². The van der Waals surface area contributed by atoms with Gasteiger partial charge in [-0.1, -0.05) is 13.3 Å². The maximum atomic E-state index is 11.5. The zero-order chi connectivity index (χ0) is 15.0. The van der Waals surface area contributed by atoms with Gasteiger partial charge in [-0.05, 0) is 66.0 Å². The minimum atomic E-state index is -0.410. The number of likely N-dealkylation sites (tertiary alicyclic amines) is 1. The number of ether oxygens (including phenoxy) is 1. The summed E-state index contributed by atoms with van der Waals surface area (Å²) in [5, 5.41) is 2.84. The molecule has 1 atom stereocenters. The maximum absolute atomic E-state index is 11.5. The molecule has 0 saturated carbocycles. The van der Waals surface area contributed by atoms with E-state index in [1.54, 1.807) is 0 Å². The topological polar surface area (TPSA) is 41.6 Å². The minimum Gasteiger partial charge on any atom is -0.444 e. The summed E-state index contributed by atoms with van der Waals surface area (Å²) in [7, 11) is 0. The second kappa shape index (κ2) is 8.50. The summed E-state index contributed by atoms with van der Waals surface area (Å²) in [4.78, 5) is 14.1. The molecule has 4 heteroatoms. The molecule has 0 bridgehead atoms. The maximum Gasteiger partial charge on any atom is 0.407 e. The first kappa shape index (κ1) is 17.3. The van der Waals surface area contributed by atoms with E-state index in [9.17, 15) is 4.79 Å². The van der Waals surface area contributed by atoms with Crippen LogP contribution in [0.1, 0.15) is 66.2 Å². The number of hydrogen-bond donors (Lipinski definition) is 1. The highest BCUT2D eigenvalue weighted by Crippen LogP contribution is 2.21. The third kappa shape index (κ3) is 7.13. The van der Waals surface area contributed by atoms with Gasteiger partial charge in [0.05, 0.1) is 0 Å². The number of amides is 1. The summed E-state index contributed by atoms with van der Waals surface area (Å²) in [6.45, 7) is 11.1. The number of rotatable bonds is 7. The second-order valence-corrected chi connectivity index (χ2v) is 6.76. The molecule has 1 rings (SSSR count). The van der Waals surface area contributed by atoms with Crippen LogP contribution in [0, 0.1) is 0 Å². The van der Waals surface area contributed by atoms with Crippen molar-refractivity contribution in [1.82, 2.24) is 10.2 Å². The van der Waals surface area contributed by atoms with Gasteiger partial charge >= 0.3 is 6.09 Å². The third-order valence-corrected chi connectivity index (χ3v) is 3.68. The Kier molecular flexibility index (Phi) is 7.35. The molecule has 1 heterocycles. The number of hydrogen-bond acceptors (Lipinski definition) is 3. The predicted molar refractivity (Wildman–Crippen MR) is 83.0 cm³/mol. The summed E-state index contributed by atoms with van der Waals surface area (Å²) in [5.74, 6) is 0. The van der Waals surface area contributed by atoms with Crippen LogP contribution in [0.5, 0.6) is 0 Å². The lowest BCUT2D eigenvalue weighted by Crippen LogP contribution is -2.34. The molecule has 1 fully saturated rings. The van der Waals surface area contributed by atoms with Gasteiger partial charge in [-0.2, -0.15) is 0 Å². The van der Waals surface area contributed by atoms with Crippen LogP contribution >= 0.6 is 0 Å². The van der Waals surface area contributed by atoms with Gasteiger partial charge in [-0.15, -0.1) is 0 Å². The molecule has 1 aliphatic heterocycles. The van der Waals surface area contributed by atoms with E-state index in [-0.39, 0.29) is 6.09 Å². The summed E-state index contributed by atoms with van der Waals surface area (Å²) >= 11 is 0. The molecule has 20 heavy (non-hydrogen) atoms. The van der Waals surface area contributed by atoms with Gasteiger partial charge < -0.3 is 15.0 Å². The Labute approximate surface area is 124 Å². The van der Waals surface area contributed by atoms with Crippen LogP contribution in [0.3, 0.4) is 0 Å². The van der Waals surface area contributed by atoms with E-state index in [1.165, 1.54) is 45.2 Å². The normalized spacial score (nSPS) is 20.1. The molecule has 0 aliphatic carbocycles. The van der Waals surface area contributed by atoms with Crippen molar-refractivity contribution < 1.29 is 9.53 Å². The summed E-state index contributed by atoms with van der Waals surface area (Å²) in [6, 6.07) is 0.724. The van der Waals surface area contributed by atoms with E-state index in [0.717, 1.165) is 12.5 Å². The molecule has 0 radical (unpaired) electrons. The molecule has 1 amide bonds. The first-order chi connectivity index (χ1) is 9.42. The van der Waals surface area contributed by atoms with Gasteiger partial charge in [0, 0.05) is 12.6 Å². The number of nitrogens with zero attached hydrogens (tertiary/aromatic N) is 1. The molecular weight excluding hydrogens is 252 g/mol. The fraction of sp³-hybridized carbons (Fsp3) is 0.938. The van der Waals surface area contributed by atoms with Crippen LogP contribution in [0.25, 0.3) is 0 Å². The quantitative estimate of drug-likeness (QED) is 0.727. The molecule has 1 N–H and O–H groups in total.